The number of hydrazone groups is 1. The molecule has 0 bridgehead atoms. The number of rotatable bonds is 4. The van der Waals surface area contributed by atoms with Crippen LogP contribution in [-0.4, -0.2) is 42.3 Å². The van der Waals surface area contributed by atoms with Crippen molar-refractivity contribution in [1.29, 1.82) is 0 Å². The number of benzene rings is 2. The van der Waals surface area contributed by atoms with E-state index in [0.717, 1.165) is 43.3 Å². The normalized spacial score (nSPS) is 16.2. The smallest absolute Gasteiger partial charge is 0.0543 e. The first-order chi connectivity index (χ1) is 11.2. The Bertz CT molecular complexity index is 659. The fourth-order valence-electron chi connectivity index (χ4n) is 2.76. The van der Waals surface area contributed by atoms with Gasteiger partial charge in [0, 0.05) is 37.7 Å². The minimum atomic E-state index is 0.795. The molecule has 4 heteroatoms. The van der Waals surface area contributed by atoms with Crippen molar-refractivity contribution in [2.24, 2.45) is 5.10 Å². The molecule has 1 saturated heterocycles. The van der Waals surface area contributed by atoms with Gasteiger partial charge in [-0.1, -0.05) is 53.6 Å². The standard InChI is InChI=1S/C19H22ClN3/c1-16-3-2-4-18(13-16)14-21-23-11-9-22(10-12-23)15-17-5-7-19(20)8-6-17/h2-8,13-14H,9-12,15H2,1H3/b21-14+. The van der Waals surface area contributed by atoms with Crippen molar-refractivity contribution >= 4 is 17.8 Å². The van der Waals surface area contributed by atoms with Gasteiger partial charge in [-0.25, -0.2) is 0 Å². The lowest BCUT2D eigenvalue weighted by Crippen LogP contribution is -2.43. The molecule has 0 aromatic heterocycles. The molecule has 1 aliphatic heterocycles. The molecule has 3 nitrogen and oxygen atoms in total. The molecule has 0 radical (unpaired) electrons. The van der Waals surface area contributed by atoms with Gasteiger partial charge in [-0.15, -0.1) is 0 Å². The van der Waals surface area contributed by atoms with Crippen LogP contribution in [0.2, 0.25) is 5.02 Å². The van der Waals surface area contributed by atoms with E-state index < -0.39 is 0 Å². The van der Waals surface area contributed by atoms with Gasteiger partial charge >= 0.3 is 0 Å². The lowest BCUT2D eigenvalue weighted by molar-refractivity contribution is 0.131. The Hall–Kier alpha value is -1.84. The Morgan fingerprint density at radius 1 is 1.04 bits per heavy atom. The summed E-state index contributed by atoms with van der Waals surface area (Å²) in [6.45, 7) is 7.09. The fourth-order valence-corrected chi connectivity index (χ4v) is 2.88. The Labute approximate surface area is 143 Å². The van der Waals surface area contributed by atoms with Crippen LogP contribution in [0.3, 0.4) is 0 Å². The molecule has 1 heterocycles. The van der Waals surface area contributed by atoms with E-state index in [4.69, 9.17) is 11.6 Å². The Kier molecular flexibility index (Phi) is 5.31. The van der Waals surface area contributed by atoms with Crippen molar-refractivity contribution in [3.05, 3.63) is 70.2 Å². The van der Waals surface area contributed by atoms with Crippen LogP contribution in [0, 0.1) is 6.92 Å². The highest BCUT2D eigenvalue weighted by Gasteiger charge is 2.15. The van der Waals surface area contributed by atoms with Crippen LogP contribution < -0.4 is 0 Å². The van der Waals surface area contributed by atoms with Crippen molar-refractivity contribution in [2.45, 2.75) is 13.5 Å². The summed E-state index contributed by atoms with van der Waals surface area (Å²) < 4.78 is 0. The maximum Gasteiger partial charge on any atom is 0.0543 e. The summed E-state index contributed by atoms with van der Waals surface area (Å²) in [4.78, 5) is 2.46. The molecule has 0 atom stereocenters. The number of hydrogen-bond acceptors (Lipinski definition) is 3. The number of piperazine rings is 1. The first-order valence-electron chi connectivity index (χ1n) is 8.01. The van der Waals surface area contributed by atoms with Gasteiger partial charge in [-0.3, -0.25) is 9.91 Å². The number of aryl methyl sites for hydroxylation is 1. The van der Waals surface area contributed by atoms with Gasteiger partial charge in [0.25, 0.3) is 0 Å². The lowest BCUT2D eigenvalue weighted by atomic mass is 10.2. The average molecular weight is 328 g/mol. The van der Waals surface area contributed by atoms with Crippen LogP contribution in [0.25, 0.3) is 0 Å². The fraction of sp³-hybridized carbons (Fsp3) is 0.316. The summed E-state index contributed by atoms with van der Waals surface area (Å²) in [5, 5.41) is 7.56. The van der Waals surface area contributed by atoms with Crippen LogP contribution in [0.4, 0.5) is 0 Å². The maximum atomic E-state index is 5.93. The SMILES string of the molecule is Cc1cccc(/C=N/N2CCN(Cc3ccc(Cl)cc3)CC2)c1. The van der Waals surface area contributed by atoms with Gasteiger partial charge in [0.2, 0.25) is 0 Å². The molecular formula is C19H22ClN3. The van der Waals surface area contributed by atoms with Crippen LogP contribution in [0.5, 0.6) is 0 Å². The average Bonchev–Trinajstić information content (AvgIpc) is 2.56. The molecule has 120 valence electrons. The van der Waals surface area contributed by atoms with Crippen molar-refractivity contribution in [3.63, 3.8) is 0 Å². The van der Waals surface area contributed by atoms with Crippen molar-refractivity contribution in [3.8, 4) is 0 Å². The van der Waals surface area contributed by atoms with Gasteiger partial charge in [0.15, 0.2) is 0 Å². The summed E-state index contributed by atoms with van der Waals surface area (Å²) in [5.41, 5.74) is 3.74. The first-order valence-corrected chi connectivity index (χ1v) is 8.39. The van der Waals surface area contributed by atoms with Crippen LogP contribution in [0.15, 0.2) is 53.6 Å². The quantitative estimate of drug-likeness (QED) is 0.795. The van der Waals surface area contributed by atoms with E-state index in [0.29, 0.717) is 0 Å². The predicted molar refractivity (Wildman–Crippen MR) is 97.1 cm³/mol. The van der Waals surface area contributed by atoms with Gasteiger partial charge in [-0.2, -0.15) is 5.10 Å². The maximum absolute atomic E-state index is 5.93. The van der Waals surface area contributed by atoms with E-state index in [-0.39, 0.29) is 0 Å². The number of halogens is 1. The number of hydrogen-bond donors (Lipinski definition) is 0. The second-order valence-corrected chi connectivity index (χ2v) is 6.45. The molecule has 0 saturated carbocycles. The largest absolute Gasteiger partial charge is 0.295 e. The van der Waals surface area contributed by atoms with E-state index in [9.17, 15) is 0 Å². The van der Waals surface area contributed by atoms with E-state index >= 15 is 0 Å². The summed E-state index contributed by atoms with van der Waals surface area (Å²) in [6.07, 6.45) is 1.96. The minimum Gasteiger partial charge on any atom is -0.295 e. The predicted octanol–water partition coefficient (Wildman–Crippen LogP) is 3.80. The molecule has 0 N–H and O–H groups in total. The summed E-state index contributed by atoms with van der Waals surface area (Å²) >= 11 is 5.93. The lowest BCUT2D eigenvalue weighted by Gasteiger charge is -2.33. The molecule has 2 aromatic carbocycles. The van der Waals surface area contributed by atoms with Crippen molar-refractivity contribution < 1.29 is 0 Å². The molecule has 3 rings (SSSR count). The molecule has 2 aromatic rings. The summed E-state index contributed by atoms with van der Waals surface area (Å²) in [7, 11) is 0. The molecule has 23 heavy (non-hydrogen) atoms. The zero-order valence-electron chi connectivity index (χ0n) is 13.5. The minimum absolute atomic E-state index is 0.795. The molecule has 0 unspecified atom stereocenters. The van der Waals surface area contributed by atoms with Gasteiger partial charge in [0.1, 0.15) is 0 Å². The van der Waals surface area contributed by atoms with Crippen LogP contribution in [-0.2, 0) is 6.54 Å². The topological polar surface area (TPSA) is 18.8 Å². The molecule has 1 fully saturated rings. The highest BCUT2D eigenvalue weighted by atomic mass is 35.5. The third kappa shape index (κ3) is 4.81. The third-order valence-electron chi connectivity index (χ3n) is 4.08. The summed E-state index contributed by atoms with van der Waals surface area (Å²) in [5.74, 6) is 0. The van der Waals surface area contributed by atoms with E-state index in [1.807, 2.05) is 18.3 Å². The van der Waals surface area contributed by atoms with E-state index in [1.54, 1.807) is 0 Å². The molecular weight excluding hydrogens is 306 g/mol. The Balaban J connectivity index is 1.49. The van der Waals surface area contributed by atoms with E-state index in [2.05, 4.69) is 58.3 Å². The molecule has 0 spiro atoms. The first kappa shape index (κ1) is 16.0. The van der Waals surface area contributed by atoms with Crippen LogP contribution >= 0.6 is 11.6 Å². The second kappa shape index (κ2) is 7.62. The van der Waals surface area contributed by atoms with Gasteiger partial charge in [-0.05, 0) is 30.2 Å². The third-order valence-corrected chi connectivity index (χ3v) is 4.33. The second-order valence-electron chi connectivity index (χ2n) is 6.01. The Morgan fingerprint density at radius 3 is 2.48 bits per heavy atom. The van der Waals surface area contributed by atoms with E-state index in [1.165, 1.54) is 11.1 Å². The number of nitrogens with zero attached hydrogens (tertiary/aromatic N) is 3. The summed E-state index contributed by atoms with van der Waals surface area (Å²) in [6, 6.07) is 16.5. The molecule has 1 aliphatic rings. The molecule has 0 amide bonds. The van der Waals surface area contributed by atoms with Gasteiger partial charge in [0.05, 0.1) is 6.21 Å². The van der Waals surface area contributed by atoms with Crippen molar-refractivity contribution in [1.82, 2.24) is 9.91 Å². The zero-order valence-corrected chi connectivity index (χ0v) is 14.2. The van der Waals surface area contributed by atoms with Crippen LogP contribution in [0.1, 0.15) is 16.7 Å². The monoisotopic (exact) mass is 327 g/mol. The van der Waals surface area contributed by atoms with Crippen molar-refractivity contribution in [2.75, 3.05) is 26.2 Å². The molecule has 0 aliphatic carbocycles. The highest BCUT2D eigenvalue weighted by Crippen LogP contribution is 2.13. The Morgan fingerprint density at radius 2 is 1.78 bits per heavy atom. The highest BCUT2D eigenvalue weighted by molar-refractivity contribution is 6.30. The zero-order chi connectivity index (χ0) is 16.1. The van der Waals surface area contributed by atoms with Gasteiger partial charge < -0.3 is 0 Å².